The Hall–Kier alpha value is -2.94. The lowest BCUT2D eigenvalue weighted by Crippen LogP contribution is -2.29. The SMILES string of the molecule is Cc1cc(Nc2nc(C)cs2)nc([C@@H]2CCN(C(=O)c3cnccn3)C2)n1. The number of rotatable bonds is 4. The predicted molar refractivity (Wildman–Crippen MR) is 102 cm³/mol. The summed E-state index contributed by atoms with van der Waals surface area (Å²) in [5.41, 5.74) is 2.22. The second-order valence-electron chi connectivity index (χ2n) is 6.50. The first-order valence-corrected chi connectivity index (χ1v) is 9.56. The zero-order valence-corrected chi connectivity index (χ0v) is 15.9. The summed E-state index contributed by atoms with van der Waals surface area (Å²) in [4.78, 5) is 36.1. The van der Waals surface area contributed by atoms with Crippen LogP contribution in [0, 0.1) is 13.8 Å². The number of amides is 1. The van der Waals surface area contributed by atoms with Crippen LogP contribution in [0.15, 0.2) is 30.0 Å². The molecule has 138 valence electrons. The average Bonchev–Trinajstić information content (AvgIpc) is 3.31. The number of anilines is 2. The second-order valence-corrected chi connectivity index (χ2v) is 7.36. The second kappa shape index (κ2) is 7.36. The number of hydrogen-bond donors (Lipinski definition) is 1. The number of carbonyl (C=O) groups is 1. The Balaban J connectivity index is 1.49. The highest BCUT2D eigenvalue weighted by atomic mass is 32.1. The summed E-state index contributed by atoms with van der Waals surface area (Å²) in [6.45, 7) is 5.14. The molecular formula is C18H19N7OS. The molecule has 0 radical (unpaired) electrons. The molecule has 1 aliphatic rings. The molecule has 1 fully saturated rings. The Morgan fingerprint density at radius 2 is 2.11 bits per heavy atom. The van der Waals surface area contributed by atoms with Gasteiger partial charge in [-0.15, -0.1) is 11.3 Å². The zero-order valence-electron chi connectivity index (χ0n) is 15.1. The predicted octanol–water partition coefficient (Wildman–Crippen LogP) is 2.71. The Kier molecular flexibility index (Phi) is 4.76. The number of aryl methyl sites for hydroxylation is 2. The Morgan fingerprint density at radius 3 is 2.85 bits per heavy atom. The largest absolute Gasteiger partial charge is 0.337 e. The fourth-order valence-electron chi connectivity index (χ4n) is 3.09. The van der Waals surface area contributed by atoms with E-state index in [9.17, 15) is 4.79 Å². The smallest absolute Gasteiger partial charge is 0.274 e. The van der Waals surface area contributed by atoms with Crippen molar-refractivity contribution in [1.82, 2.24) is 29.8 Å². The van der Waals surface area contributed by atoms with Gasteiger partial charge in [0.25, 0.3) is 5.91 Å². The molecular weight excluding hydrogens is 362 g/mol. The van der Waals surface area contributed by atoms with Gasteiger partial charge in [0.1, 0.15) is 17.3 Å². The van der Waals surface area contributed by atoms with E-state index < -0.39 is 0 Å². The van der Waals surface area contributed by atoms with Crippen LogP contribution in [0.5, 0.6) is 0 Å². The lowest BCUT2D eigenvalue weighted by molar-refractivity contribution is 0.0784. The van der Waals surface area contributed by atoms with Gasteiger partial charge in [-0.2, -0.15) is 0 Å². The van der Waals surface area contributed by atoms with Crippen LogP contribution in [-0.4, -0.2) is 48.8 Å². The summed E-state index contributed by atoms with van der Waals surface area (Å²) in [7, 11) is 0. The van der Waals surface area contributed by atoms with Crippen molar-refractivity contribution < 1.29 is 4.79 Å². The summed E-state index contributed by atoms with van der Waals surface area (Å²) >= 11 is 1.54. The quantitative estimate of drug-likeness (QED) is 0.742. The van der Waals surface area contributed by atoms with Crippen molar-refractivity contribution in [3.05, 3.63) is 52.9 Å². The molecule has 9 heteroatoms. The summed E-state index contributed by atoms with van der Waals surface area (Å²) in [6.07, 6.45) is 5.41. The fourth-order valence-corrected chi connectivity index (χ4v) is 3.78. The van der Waals surface area contributed by atoms with Crippen LogP contribution in [0.3, 0.4) is 0 Å². The summed E-state index contributed by atoms with van der Waals surface area (Å²) in [6, 6.07) is 1.90. The number of nitrogens with one attached hydrogen (secondary N) is 1. The van der Waals surface area contributed by atoms with Crippen molar-refractivity contribution in [2.24, 2.45) is 0 Å². The van der Waals surface area contributed by atoms with Crippen LogP contribution >= 0.6 is 11.3 Å². The van der Waals surface area contributed by atoms with Crippen LogP contribution in [0.25, 0.3) is 0 Å². The van der Waals surface area contributed by atoms with Gasteiger partial charge in [-0.1, -0.05) is 0 Å². The minimum atomic E-state index is -0.102. The third-order valence-corrected chi connectivity index (χ3v) is 5.22. The number of carbonyl (C=O) groups excluding carboxylic acids is 1. The average molecular weight is 381 g/mol. The maximum absolute atomic E-state index is 12.6. The van der Waals surface area contributed by atoms with Crippen LogP contribution in [0.2, 0.25) is 0 Å². The van der Waals surface area contributed by atoms with Crippen LogP contribution in [0.1, 0.15) is 40.0 Å². The Bertz CT molecular complexity index is 959. The van der Waals surface area contributed by atoms with E-state index in [1.807, 2.05) is 25.3 Å². The van der Waals surface area contributed by atoms with Gasteiger partial charge in [-0.05, 0) is 20.3 Å². The van der Waals surface area contributed by atoms with E-state index >= 15 is 0 Å². The van der Waals surface area contributed by atoms with E-state index in [1.54, 1.807) is 22.4 Å². The van der Waals surface area contributed by atoms with Gasteiger partial charge in [0.05, 0.1) is 11.9 Å². The molecule has 4 rings (SSSR count). The zero-order chi connectivity index (χ0) is 18.8. The highest BCUT2D eigenvalue weighted by Crippen LogP contribution is 2.27. The van der Waals surface area contributed by atoms with E-state index in [1.165, 1.54) is 12.4 Å². The molecule has 0 aromatic carbocycles. The van der Waals surface area contributed by atoms with Gasteiger partial charge < -0.3 is 10.2 Å². The molecule has 0 bridgehead atoms. The molecule has 1 amide bonds. The monoisotopic (exact) mass is 381 g/mol. The van der Waals surface area contributed by atoms with Gasteiger partial charge in [0.15, 0.2) is 5.13 Å². The molecule has 0 spiro atoms. The third-order valence-electron chi connectivity index (χ3n) is 4.35. The van der Waals surface area contributed by atoms with Crippen molar-refractivity contribution in [3.8, 4) is 0 Å². The summed E-state index contributed by atoms with van der Waals surface area (Å²) in [5.74, 6) is 1.48. The van der Waals surface area contributed by atoms with E-state index in [4.69, 9.17) is 0 Å². The number of thiazole rings is 1. The Morgan fingerprint density at radius 1 is 1.22 bits per heavy atom. The number of likely N-dealkylation sites (tertiary alicyclic amines) is 1. The van der Waals surface area contributed by atoms with Crippen molar-refractivity contribution in [2.75, 3.05) is 18.4 Å². The summed E-state index contributed by atoms with van der Waals surface area (Å²) in [5, 5.41) is 6.04. The maximum atomic E-state index is 12.6. The number of nitrogens with zero attached hydrogens (tertiary/aromatic N) is 6. The van der Waals surface area contributed by atoms with E-state index in [0.717, 1.165) is 34.6 Å². The van der Waals surface area contributed by atoms with E-state index in [-0.39, 0.29) is 11.8 Å². The minimum absolute atomic E-state index is 0.101. The Labute approximate surface area is 160 Å². The molecule has 27 heavy (non-hydrogen) atoms. The molecule has 4 heterocycles. The lowest BCUT2D eigenvalue weighted by Gasteiger charge is -2.16. The van der Waals surface area contributed by atoms with Crippen molar-refractivity contribution in [3.63, 3.8) is 0 Å². The van der Waals surface area contributed by atoms with Gasteiger partial charge in [0.2, 0.25) is 0 Å². The number of hydrogen-bond acceptors (Lipinski definition) is 8. The maximum Gasteiger partial charge on any atom is 0.274 e. The van der Waals surface area contributed by atoms with Gasteiger partial charge in [-0.25, -0.2) is 19.9 Å². The highest BCUT2D eigenvalue weighted by Gasteiger charge is 2.30. The first-order chi connectivity index (χ1) is 13.1. The first-order valence-electron chi connectivity index (χ1n) is 8.68. The topological polar surface area (TPSA) is 96.8 Å². The molecule has 0 saturated carbocycles. The van der Waals surface area contributed by atoms with Crippen LogP contribution in [-0.2, 0) is 0 Å². The first kappa shape index (κ1) is 17.5. The van der Waals surface area contributed by atoms with E-state index in [0.29, 0.717) is 18.8 Å². The molecule has 8 nitrogen and oxygen atoms in total. The molecule has 1 saturated heterocycles. The molecule has 0 aliphatic carbocycles. The third kappa shape index (κ3) is 3.92. The summed E-state index contributed by atoms with van der Waals surface area (Å²) < 4.78 is 0. The van der Waals surface area contributed by atoms with Gasteiger partial charge in [-0.3, -0.25) is 9.78 Å². The molecule has 3 aromatic rings. The molecule has 0 unspecified atom stereocenters. The van der Waals surface area contributed by atoms with Crippen LogP contribution in [0.4, 0.5) is 10.9 Å². The van der Waals surface area contributed by atoms with E-state index in [2.05, 4.69) is 30.2 Å². The highest BCUT2D eigenvalue weighted by molar-refractivity contribution is 7.13. The fraction of sp³-hybridized carbons (Fsp3) is 0.333. The standard InChI is InChI=1S/C18H19N7OS/c1-11-7-15(24-18-22-12(2)10-27-18)23-16(21-11)13-3-6-25(9-13)17(26)14-8-19-4-5-20-14/h4-5,7-8,10,13H,3,6,9H2,1-2H3,(H,21,22,23,24)/t13-/m1/s1. The molecule has 1 N–H and O–H groups in total. The molecule has 1 atom stereocenters. The van der Waals surface area contributed by atoms with Gasteiger partial charge >= 0.3 is 0 Å². The van der Waals surface area contributed by atoms with Crippen molar-refractivity contribution in [1.29, 1.82) is 0 Å². The van der Waals surface area contributed by atoms with Crippen molar-refractivity contribution in [2.45, 2.75) is 26.2 Å². The number of aromatic nitrogens is 5. The normalized spacial score (nSPS) is 16.5. The van der Waals surface area contributed by atoms with Crippen molar-refractivity contribution >= 4 is 28.2 Å². The van der Waals surface area contributed by atoms with Gasteiger partial charge in [0, 0.05) is 48.5 Å². The minimum Gasteiger partial charge on any atom is -0.337 e. The van der Waals surface area contributed by atoms with Crippen LogP contribution < -0.4 is 5.32 Å². The molecule has 3 aromatic heterocycles. The molecule has 1 aliphatic heterocycles. The lowest BCUT2D eigenvalue weighted by atomic mass is 10.1.